The zero-order valence-corrected chi connectivity index (χ0v) is 16.5. The minimum absolute atomic E-state index is 0.0670. The van der Waals surface area contributed by atoms with E-state index in [0.717, 1.165) is 12.0 Å². The summed E-state index contributed by atoms with van der Waals surface area (Å²) in [5, 5.41) is 13.0. The lowest BCUT2D eigenvalue weighted by Crippen LogP contribution is -2.13. The summed E-state index contributed by atoms with van der Waals surface area (Å²) in [7, 11) is 0. The van der Waals surface area contributed by atoms with Crippen molar-refractivity contribution in [2.24, 2.45) is 0 Å². The predicted molar refractivity (Wildman–Crippen MR) is 112 cm³/mol. The van der Waals surface area contributed by atoms with Gasteiger partial charge >= 0.3 is 0 Å². The van der Waals surface area contributed by atoms with Crippen molar-refractivity contribution in [1.29, 1.82) is 5.26 Å². The molecule has 0 atom stereocenters. The van der Waals surface area contributed by atoms with Gasteiger partial charge in [-0.15, -0.1) is 0 Å². The normalized spacial score (nSPS) is 11.1. The minimum Gasteiger partial charge on any atom is -0.457 e. The van der Waals surface area contributed by atoms with Crippen molar-refractivity contribution in [3.63, 3.8) is 0 Å². The van der Waals surface area contributed by atoms with Crippen LogP contribution in [-0.4, -0.2) is 5.91 Å². The summed E-state index contributed by atoms with van der Waals surface area (Å²) in [5.41, 5.74) is 2.39. The Morgan fingerprint density at radius 3 is 2.54 bits per heavy atom. The lowest BCUT2D eigenvalue weighted by atomic mass is 10.1. The van der Waals surface area contributed by atoms with E-state index in [-0.39, 0.29) is 5.57 Å². The van der Waals surface area contributed by atoms with Crippen LogP contribution in [0.5, 0.6) is 0 Å². The van der Waals surface area contributed by atoms with Gasteiger partial charge in [-0.2, -0.15) is 5.26 Å². The minimum atomic E-state index is -0.505. The molecule has 3 rings (SSSR count). The smallest absolute Gasteiger partial charge is 0.266 e. The quantitative estimate of drug-likeness (QED) is 0.392. The number of furan rings is 1. The van der Waals surface area contributed by atoms with Gasteiger partial charge in [-0.1, -0.05) is 42.3 Å². The van der Waals surface area contributed by atoms with Crippen LogP contribution in [0.4, 0.5) is 5.69 Å². The molecule has 0 fully saturated rings. The fourth-order valence-corrected chi connectivity index (χ4v) is 3.08. The number of amides is 1. The highest BCUT2D eigenvalue weighted by Gasteiger charge is 2.13. The number of carbonyl (C=O) groups excluding carboxylic acids is 1. The Labute approximate surface area is 173 Å². The van der Waals surface area contributed by atoms with Gasteiger partial charge in [-0.05, 0) is 54.4 Å². The molecule has 1 amide bonds. The van der Waals surface area contributed by atoms with Gasteiger partial charge in [-0.3, -0.25) is 4.79 Å². The Morgan fingerprint density at radius 1 is 1.14 bits per heavy atom. The number of halogens is 2. The van der Waals surface area contributed by atoms with Crippen LogP contribution < -0.4 is 5.32 Å². The highest BCUT2D eigenvalue weighted by Crippen LogP contribution is 2.32. The molecule has 4 nitrogen and oxygen atoms in total. The second-order valence-corrected chi connectivity index (χ2v) is 6.84. The molecule has 140 valence electrons. The third-order valence-corrected chi connectivity index (χ3v) is 4.64. The molecule has 6 heteroatoms. The van der Waals surface area contributed by atoms with E-state index in [1.165, 1.54) is 6.08 Å². The average molecular weight is 411 g/mol. The highest BCUT2D eigenvalue weighted by atomic mass is 35.5. The van der Waals surface area contributed by atoms with Crippen LogP contribution in [0.25, 0.3) is 17.4 Å². The van der Waals surface area contributed by atoms with Gasteiger partial charge in [0.1, 0.15) is 23.2 Å². The van der Waals surface area contributed by atoms with Crippen LogP contribution in [0.15, 0.2) is 64.6 Å². The van der Waals surface area contributed by atoms with Gasteiger partial charge in [0.15, 0.2) is 0 Å². The number of nitrogens with zero attached hydrogens (tertiary/aromatic N) is 1. The third kappa shape index (κ3) is 4.64. The van der Waals surface area contributed by atoms with E-state index in [1.54, 1.807) is 42.5 Å². The fourth-order valence-electron chi connectivity index (χ4n) is 2.58. The number of rotatable bonds is 5. The number of aryl methyl sites for hydroxylation is 1. The van der Waals surface area contributed by atoms with Gasteiger partial charge in [0.05, 0.1) is 5.02 Å². The van der Waals surface area contributed by atoms with Crippen LogP contribution in [0.3, 0.4) is 0 Å². The molecule has 0 radical (unpaired) electrons. The van der Waals surface area contributed by atoms with Gasteiger partial charge < -0.3 is 9.73 Å². The Morgan fingerprint density at radius 2 is 1.89 bits per heavy atom. The SMILES string of the molecule is CCc1ccc(NC(=O)/C(C#N)=C/c2ccc(-c3ccc(Cl)cc3Cl)o2)cc1. The zero-order chi connectivity index (χ0) is 20.1. The molecule has 3 aromatic rings. The van der Waals surface area contributed by atoms with Crippen LogP contribution >= 0.6 is 23.2 Å². The summed E-state index contributed by atoms with van der Waals surface area (Å²) in [6.07, 6.45) is 2.30. The average Bonchev–Trinajstić information content (AvgIpc) is 3.15. The Kier molecular flexibility index (Phi) is 6.20. The molecule has 2 aromatic carbocycles. The highest BCUT2D eigenvalue weighted by molar-refractivity contribution is 6.36. The first kappa shape index (κ1) is 19.8. The van der Waals surface area contributed by atoms with Crippen molar-refractivity contribution in [2.45, 2.75) is 13.3 Å². The van der Waals surface area contributed by atoms with Crippen LogP contribution in [0.1, 0.15) is 18.2 Å². The van der Waals surface area contributed by atoms with Gasteiger partial charge in [0.2, 0.25) is 0 Å². The number of hydrogen-bond donors (Lipinski definition) is 1. The summed E-state index contributed by atoms with van der Waals surface area (Å²) in [6, 6.07) is 17.8. The van der Waals surface area contributed by atoms with Crippen molar-refractivity contribution in [3.05, 3.63) is 81.5 Å². The molecule has 28 heavy (non-hydrogen) atoms. The summed E-state index contributed by atoms with van der Waals surface area (Å²) in [6.45, 7) is 2.05. The fraction of sp³-hybridized carbons (Fsp3) is 0.0909. The first-order valence-corrected chi connectivity index (χ1v) is 9.33. The van der Waals surface area contributed by atoms with Gasteiger partial charge in [0, 0.05) is 22.3 Å². The molecular formula is C22H16Cl2N2O2. The largest absolute Gasteiger partial charge is 0.457 e. The first-order valence-electron chi connectivity index (χ1n) is 8.57. The first-order chi connectivity index (χ1) is 13.5. The van der Waals surface area contributed by atoms with E-state index in [4.69, 9.17) is 27.6 Å². The third-order valence-electron chi connectivity index (χ3n) is 4.10. The molecule has 0 aliphatic rings. The molecule has 1 aromatic heterocycles. The standard InChI is InChI=1S/C22H16Cl2N2O2/c1-2-14-3-6-17(7-4-14)26-22(27)15(13-25)11-18-8-10-21(28-18)19-9-5-16(23)12-20(19)24/h3-12H,2H2,1H3,(H,26,27)/b15-11+. The van der Waals surface area contributed by atoms with Crippen LogP contribution in [0, 0.1) is 11.3 Å². The van der Waals surface area contributed by atoms with E-state index in [2.05, 4.69) is 12.2 Å². The molecule has 1 N–H and O–H groups in total. The molecule has 0 saturated carbocycles. The number of hydrogen-bond acceptors (Lipinski definition) is 3. The molecule has 0 aliphatic carbocycles. The predicted octanol–water partition coefficient (Wildman–Crippen LogP) is 6.36. The van der Waals surface area contributed by atoms with Crippen molar-refractivity contribution in [1.82, 2.24) is 0 Å². The summed E-state index contributed by atoms with van der Waals surface area (Å²) in [5.74, 6) is 0.379. The zero-order valence-electron chi connectivity index (χ0n) is 15.0. The van der Waals surface area contributed by atoms with E-state index < -0.39 is 5.91 Å². The monoisotopic (exact) mass is 410 g/mol. The van der Waals surface area contributed by atoms with Crippen molar-refractivity contribution in [2.75, 3.05) is 5.32 Å². The van der Waals surface area contributed by atoms with E-state index in [1.807, 2.05) is 18.2 Å². The summed E-state index contributed by atoms with van der Waals surface area (Å²) < 4.78 is 5.72. The van der Waals surface area contributed by atoms with E-state index in [0.29, 0.717) is 32.8 Å². The maximum atomic E-state index is 12.4. The number of nitrogens with one attached hydrogen (secondary N) is 1. The van der Waals surface area contributed by atoms with Crippen LogP contribution in [0.2, 0.25) is 10.0 Å². The van der Waals surface area contributed by atoms with E-state index >= 15 is 0 Å². The van der Waals surface area contributed by atoms with E-state index in [9.17, 15) is 10.1 Å². The second-order valence-electron chi connectivity index (χ2n) is 6.00. The van der Waals surface area contributed by atoms with Gasteiger partial charge in [-0.25, -0.2) is 0 Å². The number of anilines is 1. The van der Waals surface area contributed by atoms with Crippen LogP contribution in [-0.2, 0) is 11.2 Å². The maximum Gasteiger partial charge on any atom is 0.266 e. The Bertz CT molecular complexity index is 1080. The Balaban J connectivity index is 1.79. The molecule has 1 heterocycles. The van der Waals surface area contributed by atoms with Gasteiger partial charge in [0.25, 0.3) is 5.91 Å². The number of nitriles is 1. The Hall–Kier alpha value is -3.00. The molecule has 0 saturated heterocycles. The summed E-state index contributed by atoms with van der Waals surface area (Å²) in [4.78, 5) is 12.4. The molecular weight excluding hydrogens is 395 g/mol. The topological polar surface area (TPSA) is 66.0 Å². The lowest BCUT2D eigenvalue weighted by molar-refractivity contribution is -0.112. The maximum absolute atomic E-state index is 12.4. The number of carbonyl (C=O) groups is 1. The molecule has 0 spiro atoms. The number of benzene rings is 2. The van der Waals surface area contributed by atoms with Crippen molar-refractivity contribution < 1.29 is 9.21 Å². The second kappa shape index (κ2) is 8.79. The summed E-state index contributed by atoms with van der Waals surface area (Å²) >= 11 is 12.1. The molecule has 0 bridgehead atoms. The van der Waals surface area contributed by atoms with Crippen molar-refractivity contribution in [3.8, 4) is 17.4 Å². The lowest BCUT2D eigenvalue weighted by Gasteiger charge is -2.05. The molecule has 0 unspecified atom stereocenters. The van der Waals surface area contributed by atoms with Crippen molar-refractivity contribution >= 4 is 40.9 Å². The molecule has 0 aliphatic heterocycles.